The number of imidazole rings is 1. The van der Waals surface area contributed by atoms with Gasteiger partial charge in [-0.3, -0.25) is 0 Å². The minimum absolute atomic E-state index is 0.242. The van der Waals surface area contributed by atoms with Crippen molar-refractivity contribution in [2.45, 2.75) is 12.4 Å². The minimum Gasteiger partial charge on any atom is -0.321 e. The summed E-state index contributed by atoms with van der Waals surface area (Å²) in [5.41, 5.74) is 4.21. The molecule has 19 heavy (non-hydrogen) atoms. The lowest BCUT2D eigenvalue weighted by Gasteiger charge is -2.05. The fourth-order valence-corrected chi connectivity index (χ4v) is 3.13. The summed E-state index contributed by atoms with van der Waals surface area (Å²) in [5, 5.41) is 1.97. The Morgan fingerprint density at radius 1 is 1.42 bits per heavy atom. The zero-order valence-electron chi connectivity index (χ0n) is 9.61. The zero-order valence-corrected chi connectivity index (χ0v) is 13.3. The number of halogens is 3. The van der Waals surface area contributed by atoms with Crippen molar-refractivity contribution in [2.24, 2.45) is 0 Å². The van der Waals surface area contributed by atoms with Crippen molar-refractivity contribution in [2.75, 3.05) is 0 Å². The number of hydrogen-bond acceptors (Lipinski definition) is 3. The molecule has 7 heteroatoms. The molecule has 98 valence electrons. The molecule has 0 radical (unpaired) electrons. The summed E-state index contributed by atoms with van der Waals surface area (Å²) in [6.45, 7) is 0.558. The van der Waals surface area contributed by atoms with Crippen molar-refractivity contribution < 1.29 is 4.39 Å². The summed E-state index contributed by atoms with van der Waals surface area (Å²) in [7, 11) is 0. The van der Waals surface area contributed by atoms with Gasteiger partial charge in [-0.2, -0.15) is 0 Å². The number of thiazole rings is 1. The lowest BCUT2D eigenvalue weighted by atomic mass is 10.3. The fraction of sp³-hybridized carbons (Fsp3) is 0.167. The molecule has 0 amide bonds. The van der Waals surface area contributed by atoms with E-state index in [0.29, 0.717) is 10.1 Å². The second-order valence-corrected chi connectivity index (χ2v) is 6.13. The van der Waals surface area contributed by atoms with Gasteiger partial charge in [0.25, 0.3) is 0 Å². The molecule has 0 saturated heterocycles. The van der Waals surface area contributed by atoms with Crippen LogP contribution in [0.2, 0.25) is 0 Å². The maximum absolute atomic E-state index is 13.7. The van der Waals surface area contributed by atoms with Crippen LogP contribution in [0, 0.1) is 9.39 Å². The first-order valence-corrected chi connectivity index (χ1v) is 8.02. The van der Waals surface area contributed by atoms with E-state index in [0.717, 1.165) is 22.6 Å². The van der Waals surface area contributed by atoms with Gasteiger partial charge in [0.2, 0.25) is 0 Å². The predicted octanol–water partition coefficient (Wildman–Crippen LogP) is 4.02. The van der Waals surface area contributed by atoms with Crippen molar-refractivity contribution in [3.63, 3.8) is 0 Å². The van der Waals surface area contributed by atoms with Gasteiger partial charge in [-0.1, -0.05) is 0 Å². The van der Waals surface area contributed by atoms with Crippen LogP contribution in [0.15, 0.2) is 23.0 Å². The standard InChI is InChI=1S/C12H8ClFIN3S/c13-3-12-17-10-2-9(15)8(14)1-11(10)18(12)4-7-5-19-6-16-7/h1-2,5-6H,3-4H2. The molecule has 0 aliphatic rings. The highest BCUT2D eigenvalue weighted by Gasteiger charge is 2.13. The Morgan fingerprint density at radius 2 is 2.26 bits per heavy atom. The Kier molecular flexibility index (Phi) is 3.72. The number of nitrogens with zero attached hydrogens (tertiary/aromatic N) is 3. The number of alkyl halides is 1. The van der Waals surface area contributed by atoms with Crippen molar-refractivity contribution in [3.8, 4) is 0 Å². The summed E-state index contributed by atoms with van der Waals surface area (Å²) in [6, 6.07) is 3.24. The Balaban J connectivity index is 2.17. The molecule has 0 spiro atoms. The largest absolute Gasteiger partial charge is 0.321 e. The van der Waals surface area contributed by atoms with Crippen molar-refractivity contribution in [1.29, 1.82) is 0 Å². The molecule has 0 saturated carbocycles. The number of fused-ring (bicyclic) bond motifs is 1. The molecule has 0 aliphatic heterocycles. The maximum atomic E-state index is 13.7. The maximum Gasteiger partial charge on any atom is 0.138 e. The normalized spacial score (nSPS) is 11.3. The minimum atomic E-state index is -0.242. The smallest absolute Gasteiger partial charge is 0.138 e. The van der Waals surface area contributed by atoms with Crippen LogP contribution in [-0.2, 0) is 12.4 Å². The van der Waals surface area contributed by atoms with Gasteiger partial charge in [-0.05, 0) is 28.7 Å². The average Bonchev–Trinajstić information content (AvgIpc) is 3.00. The number of benzene rings is 1. The monoisotopic (exact) mass is 407 g/mol. The van der Waals surface area contributed by atoms with Gasteiger partial charge in [-0.15, -0.1) is 22.9 Å². The van der Waals surface area contributed by atoms with Crippen molar-refractivity contribution >= 4 is 56.6 Å². The number of rotatable bonds is 3. The van der Waals surface area contributed by atoms with E-state index < -0.39 is 0 Å². The molecule has 0 N–H and O–H groups in total. The van der Waals surface area contributed by atoms with E-state index in [-0.39, 0.29) is 11.7 Å². The van der Waals surface area contributed by atoms with E-state index in [4.69, 9.17) is 11.6 Å². The van der Waals surface area contributed by atoms with Crippen LogP contribution >= 0.6 is 45.5 Å². The molecule has 3 rings (SSSR count). The van der Waals surface area contributed by atoms with Crippen LogP contribution < -0.4 is 0 Å². The Morgan fingerprint density at radius 3 is 2.95 bits per heavy atom. The van der Waals surface area contributed by atoms with Crippen LogP contribution in [-0.4, -0.2) is 14.5 Å². The Bertz CT molecular complexity index is 726. The Hall–Kier alpha value is -0.730. The van der Waals surface area contributed by atoms with Gasteiger partial charge in [0.1, 0.15) is 11.6 Å². The first-order valence-electron chi connectivity index (χ1n) is 5.46. The van der Waals surface area contributed by atoms with E-state index >= 15 is 0 Å². The summed E-state index contributed by atoms with van der Waals surface area (Å²) < 4.78 is 16.2. The third kappa shape index (κ3) is 2.48. The van der Waals surface area contributed by atoms with Gasteiger partial charge < -0.3 is 4.57 Å². The highest BCUT2D eigenvalue weighted by atomic mass is 127. The average molecular weight is 408 g/mol. The highest BCUT2D eigenvalue weighted by molar-refractivity contribution is 14.1. The van der Waals surface area contributed by atoms with Crippen LogP contribution in [0.3, 0.4) is 0 Å². The predicted molar refractivity (Wildman–Crippen MR) is 83.2 cm³/mol. The lowest BCUT2D eigenvalue weighted by molar-refractivity contribution is 0.621. The lowest BCUT2D eigenvalue weighted by Crippen LogP contribution is -2.04. The summed E-state index contributed by atoms with van der Waals surface area (Å²) in [5.74, 6) is 0.775. The van der Waals surface area contributed by atoms with E-state index in [1.807, 2.05) is 32.5 Å². The van der Waals surface area contributed by atoms with Gasteiger partial charge in [-0.25, -0.2) is 14.4 Å². The molecule has 0 unspecified atom stereocenters. The third-order valence-corrected chi connectivity index (χ3v) is 4.49. The molecular formula is C12H8ClFIN3S. The topological polar surface area (TPSA) is 30.7 Å². The second kappa shape index (κ2) is 5.34. The molecule has 0 bridgehead atoms. The van der Waals surface area contributed by atoms with Crippen molar-refractivity contribution in [1.82, 2.24) is 14.5 Å². The molecule has 3 aromatic rings. The molecule has 0 aliphatic carbocycles. The molecular weight excluding hydrogens is 400 g/mol. The van der Waals surface area contributed by atoms with E-state index in [9.17, 15) is 4.39 Å². The van der Waals surface area contributed by atoms with Crippen LogP contribution in [0.5, 0.6) is 0 Å². The Labute approximate surface area is 131 Å². The van der Waals surface area contributed by atoms with Gasteiger partial charge in [0.05, 0.1) is 38.2 Å². The number of aromatic nitrogens is 3. The van der Waals surface area contributed by atoms with Crippen LogP contribution in [0.4, 0.5) is 4.39 Å². The molecule has 0 atom stereocenters. The molecule has 0 fully saturated rings. The first-order chi connectivity index (χ1) is 9.19. The summed E-state index contributed by atoms with van der Waals surface area (Å²) in [4.78, 5) is 8.69. The van der Waals surface area contributed by atoms with Gasteiger partial charge in [0.15, 0.2) is 0 Å². The quantitative estimate of drug-likeness (QED) is 0.485. The highest BCUT2D eigenvalue weighted by Crippen LogP contribution is 2.23. The SMILES string of the molecule is Fc1cc2c(cc1I)nc(CCl)n2Cc1cscn1. The van der Waals surface area contributed by atoms with E-state index in [2.05, 4.69) is 9.97 Å². The third-order valence-electron chi connectivity index (χ3n) is 2.79. The van der Waals surface area contributed by atoms with E-state index in [1.54, 1.807) is 11.6 Å². The van der Waals surface area contributed by atoms with Gasteiger partial charge in [0, 0.05) is 11.4 Å². The zero-order chi connectivity index (χ0) is 13.4. The summed E-state index contributed by atoms with van der Waals surface area (Å²) in [6.07, 6.45) is 0. The van der Waals surface area contributed by atoms with Crippen LogP contribution in [0.1, 0.15) is 11.5 Å². The second-order valence-electron chi connectivity index (χ2n) is 3.98. The molecule has 2 heterocycles. The fourth-order valence-electron chi connectivity index (χ4n) is 1.93. The van der Waals surface area contributed by atoms with Gasteiger partial charge >= 0.3 is 0 Å². The molecule has 1 aromatic carbocycles. The van der Waals surface area contributed by atoms with E-state index in [1.165, 1.54) is 17.4 Å². The number of hydrogen-bond donors (Lipinski definition) is 0. The molecule has 2 aromatic heterocycles. The van der Waals surface area contributed by atoms with Crippen molar-refractivity contribution in [3.05, 3.63) is 43.9 Å². The van der Waals surface area contributed by atoms with Crippen LogP contribution in [0.25, 0.3) is 11.0 Å². The first kappa shape index (κ1) is 13.3. The molecule has 3 nitrogen and oxygen atoms in total. The summed E-state index contributed by atoms with van der Waals surface area (Å²) >= 11 is 9.42.